The molecule has 0 saturated carbocycles. The van der Waals surface area contributed by atoms with Gasteiger partial charge in [0.05, 0.1) is 29.0 Å². The van der Waals surface area contributed by atoms with Gasteiger partial charge in [0.2, 0.25) is 0 Å². The second-order valence-electron chi connectivity index (χ2n) is 4.86. The highest BCUT2D eigenvalue weighted by Gasteiger charge is 2.19. The Morgan fingerprint density at radius 3 is 2.71 bits per heavy atom. The molecule has 114 valence electrons. The number of halogens is 1. The van der Waals surface area contributed by atoms with Gasteiger partial charge in [-0.2, -0.15) is 5.10 Å². The van der Waals surface area contributed by atoms with Crippen LogP contribution in [0.1, 0.15) is 41.3 Å². The number of aryl methyl sites for hydroxylation is 3. The summed E-state index contributed by atoms with van der Waals surface area (Å²) in [5.41, 5.74) is 3.53. The maximum atomic E-state index is 12.1. The first-order valence-electron chi connectivity index (χ1n) is 7.04. The van der Waals surface area contributed by atoms with Crippen molar-refractivity contribution in [3.63, 3.8) is 0 Å². The van der Waals surface area contributed by atoms with Gasteiger partial charge in [-0.1, -0.05) is 0 Å². The molecule has 0 bridgehead atoms. The lowest BCUT2D eigenvalue weighted by Gasteiger charge is -2.11. The van der Waals surface area contributed by atoms with Crippen LogP contribution in [0.4, 0.5) is 0 Å². The Balaban J connectivity index is 2.39. The second-order valence-corrected chi connectivity index (χ2v) is 5.65. The largest absolute Gasteiger partial charge is 0.461 e. The van der Waals surface area contributed by atoms with E-state index in [1.54, 1.807) is 0 Å². The van der Waals surface area contributed by atoms with Crippen LogP contribution in [0.5, 0.6) is 0 Å². The first-order valence-corrected chi connectivity index (χ1v) is 7.83. The van der Waals surface area contributed by atoms with Gasteiger partial charge in [-0.05, 0) is 55.3 Å². The Bertz CT molecular complexity index is 658. The summed E-state index contributed by atoms with van der Waals surface area (Å²) in [5.74, 6) is -0.282. The van der Waals surface area contributed by atoms with Crippen LogP contribution in [0.25, 0.3) is 0 Å². The minimum absolute atomic E-state index is 0.282. The van der Waals surface area contributed by atoms with E-state index in [2.05, 4.69) is 28.0 Å². The maximum Gasteiger partial charge on any atom is 0.355 e. The molecule has 5 nitrogen and oxygen atoms in total. The van der Waals surface area contributed by atoms with Crippen molar-refractivity contribution in [2.45, 2.75) is 40.8 Å². The first-order chi connectivity index (χ1) is 9.99. The lowest BCUT2D eigenvalue weighted by molar-refractivity contribution is 0.0513. The molecule has 0 aromatic carbocycles. The van der Waals surface area contributed by atoms with Crippen molar-refractivity contribution in [1.82, 2.24) is 14.3 Å². The van der Waals surface area contributed by atoms with Crippen molar-refractivity contribution in [3.8, 4) is 0 Å². The molecule has 0 fully saturated rings. The molecular weight excluding hydrogens is 334 g/mol. The average Bonchev–Trinajstić information content (AvgIpc) is 2.94. The van der Waals surface area contributed by atoms with E-state index in [9.17, 15) is 4.79 Å². The van der Waals surface area contributed by atoms with Crippen LogP contribution in [-0.2, 0) is 17.8 Å². The van der Waals surface area contributed by atoms with Gasteiger partial charge in [0, 0.05) is 12.7 Å². The number of carbonyl (C=O) groups excluding carboxylic acids is 1. The molecular formula is C15H20BrN3O2. The molecule has 2 rings (SSSR count). The Morgan fingerprint density at radius 2 is 2.10 bits per heavy atom. The molecule has 0 spiro atoms. The van der Waals surface area contributed by atoms with E-state index in [-0.39, 0.29) is 5.97 Å². The molecule has 0 radical (unpaired) electrons. The van der Waals surface area contributed by atoms with Crippen LogP contribution < -0.4 is 0 Å². The zero-order valence-electron chi connectivity index (χ0n) is 12.8. The number of ether oxygens (including phenoxy) is 1. The van der Waals surface area contributed by atoms with Gasteiger partial charge in [0.25, 0.3) is 0 Å². The van der Waals surface area contributed by atoms with Crippen molar-refractivity contribution in [2.75, 3.05) is 6.61 Å². The van der Waals surface area contributed by atoms with E-state index in [0.29, 0.717) is 18.8 Å². The molecule has 0 aliphatic carbocycles. The highest BCUT2D eigenvalue weighted by Crippen LogP contribution is 2.23. The number of nitrogens with zero attached hydrogens (tertiary/aromatic N) is 3. The molecule has 0 unspecified atom stereocenters. The fraction of sp³-hybridized carbons (Fsp3) is 0.467. The Kier molecular flexibility index (Phi) is 4.88. The predicted octanol–water partition coefficient (Wildman–Crippen LogP) is 3.31. The van der Waals surface area contributed by atoms with Gasteiger partial charge in [-0.15, -0.1) is 0 Å². The molecule has 2 aromatic rings. The second kappa shape index (κ2) is 6.47. The van der Waals surface area contributed by atoms with Crippen molar-refractivity contribution in [3.05, 3.63) is 39.4 Å². The van der Waals surface area contributed by atoms with Crippen molar-refractivity contribution in [2.24, 2.45) is 0 Å². The van der Waals surface area contributed by atoms with E-state index in [4.69, 9.17) is 4.74 Å². The molecule has 2 aromatic heterocycles. The summed E-state index contributed by atoms with van der Waals surface area (Å²) < 4.78 is 10.0. The predicted molar refractivity (Wildman–Crippen MR) is 84.6 cm³/mol. The van der Waals surface area contributed by atoms with Gasteiger partial charge >= 0.3 is 5.97 Å². The minimum Gasteiger partial charge on any atom is -0.461 e. The highest BCUT2D eigenvalue weighted by atomic mass is 79.9. The summed E-state index contributed by atoms with van der Waals surface area (Å²) in [5, 5.41) is 4.48. The third-order valence-electron chi connectivity index (χ3n) is 3.41. The fourth-order valence-corrected chi connectivity index (χ4v) is 2.78. The number of hydrogen-bond acceptors (Lipinski definition) is 3. The van der Waals surface area contributed by atoms with Gasteiger partial charge in [0.1, 0.15) is 5.69 Å². The SMILES string of the molecule is CCOC(=O)c1c(C)ccn1Cc1c(Br)c(C)nn1CC. The molecule has 0 aliphatic rings. The van der Waals surface area contributed by atoms with Gasteiger partial charge in [-0.3, -0.25) is 4.68 Å². The van der Waals surface area contributed by atoms with Crippen LogP contribution in [0.3, 0.4) is 0 Å². The summed E-state index contributed by atoms with van der Waals surface area (Å²) in [4.78, 5) is 12.1. The summed E-state index contributed by atoms with van der Waals surface area (Å²) in [6.07, 6.45) is 1.91. The van der Waals surface area contributed by atoms with Crippen LogP contribution in [0, 0.1) is 13.8 Å². The smallest absolute Gasteiger partial charge is 0.355 e. The van der Waals surface area contributed by atoms with E-state index >= 15 is 0 Å². The molecule has 6 heteroatoms. The Labute approximate surface area is 133 Å². The molecule has 0 aliphatic heterocycles. The lowest BCUT2D eigenvalue weighted by Crippen LogP contribution is -2.15. The monoisotopic (exact) mass is 353 g/mol. The average molecular weight is 354 g/mol. The van der Waals surface area contributed by atoms with Crippen molar-refractivity contribution in [1.29, 1.82) is 0 Å². The molecule has 0 atom stereocenters. The fourth-order valence-electron chi connectivity index (χ4n) is 2.37. The number of carbonyl (C=O) groups is 1. The first kappa shape index (κ1) is 15.8. The standard InChI is InChI=1S/C15H20BrN3O2/c1-5-19-12(13(16)11(4)17-19)9-18-8-7-10(3)14(18)15(20)21-6-2/h7-8H,5-6,9H2,1-4H3. The Morgan fingerprint density at radius 1 is 1.38 bits per heavy atom. The zero-order valence-corrected chi connectivity index (χ0v) is 14.4. The number of rotatable bonds is 5. The molecule has 0 saturated heterocycles. The maximum absolute atomic E-state index is 12.1. The topological polar surface area (TPSA) is 49.1 Å². The molecule has 2 heterocycles. The van der Waals surface area contributed by atoms with E-state index < -0.39 is 0 Å². The number of hydrogen-bond donors (Lipinski definition) is 0. The summed E-state index contributed by atoms with van der Waals surface area (Å²) in [6, 6.07) is 1.93. The van der Waals surface area contributed by atoms with Gasteiger partial charge in [-0.25, -0.2) is 4.79 Å². The molecule has 0 N–H and O–H groups in total. The highest BCUT2D eigenvalue weighted by molar-refractivity contribution is 9.10. The Hall–Kier alpha value is -1.56. The normalized spacial score (nSPS) is 10.9. The minimum atomic E-state index is -0.282. The van der Waals surface area contributed by atoms with E-state index in [1.807, 2.05) is 42.3 Å². The third-order valence-corrected chi connectivity index (χ3v) is 4.44. The molecule has 0 amide bonds. The summed E-state index contributed by atoms with van der Waals surface area (Å²) >= 11 is 3.59. The van der Waals surface area contributed by atoms with Crippen LogP contribution in [0.2, 0.25) is 0 Å². The van der Waals surface area contributed by atoms with E-state index in [1.165, 1.54) is 0 Å². The van der Waals surface area contributed by atoms with Crippen LogP contribution in [-0.4, -0.2) is 26.9 Å². The van der Waals surface area contributed by atoms with Gasteiger partial charge < -0.3 is 9.30 Å². The molecule has 21 heavy (non-hydrogen) atoms. The van der Waals surface area contributed by atoms with Crippen molar-refractivity contribution >= 4 is 21.9 Å². The lowest BCUT2D eigenvalue weighted by atomic mass is 10.2. The summed E-state index contributed by atoms with van der Waals surface area (Å²) in [6.45, 7) is 9.49. The van der Waals surface area contributed by atoms with E-state index in [0.717, 1.165) is 28.0 Å². The van der Waals surface area contributed by atoms with Gasteiger partial charge in [0.15, 0.2) is 0 Å². The quantitative estimate of drug-likeness (QED) is 0.774. The third kappa shape index (κ3) is 3.05. The van der Waals surface area contributed by atoms with Crippen LogP contribution in [0.15, 0.2) is 16.7 Å². The van der Waals surface area contributed by atoms with Crippen LogP contribution >= 0.6 is 15.9 Å². The number of esters is 1. The zero-order chi connectivity index (χ0) is 15.6. The number of aromatic nitrogens is 3. The van der Waals surface area contributed by atoms with Crippen molar-refractivity contribution < 1.29 is 9.53 Å². The summed E-state index contributed by atoms with van der Waals surface area (Å²) in [7, 11) is 0.